The van der Waals surface area contributed by atoms with Crippen molar-refractivity contribution in [2.45, 2.75) is 33.9 Å². The zero-order valence-corrected chi connectivity index (χ0v) is 11.3. The Balaban J connectivity index is 2.18. The molecule has 0 radical (unpaired) electrons. The molecule has 0 fully saturated rings. The van der Waals surface area contributed by atoms with E-state index in [0.29, 0.717) is 12.4 Å². The number of tetrazole rings is 1. The van der Waals surface area contributed by atoms with Gasteiger partial charge in [0.05, 0.1) is 12.7 Å². The van der Waals surface area contributed by atoms with Crippen LogP contribution in [-0.2, 0) is 20.1 Å². The molecule has 2 aromatic heterocycles. The molecule has 0 aliphatic heterocycles. The summed E-state index contributed by atoms with van der Waals surface area (Å²) in [6, 6.07) is 0. The van der Waals surface area contributed by atoms with Gasteiger partial charge in [-0.15, -0.1) is 10.2 Å². The Labute approximate surface area is 106 Å². The number of aromatic nitrogens is 6. The third kappa shape index (κ3) is 2.56. The molecule has 0 unspecified atom stereocenters. The highest BCUT2D eigenvalue weighted by Crippen LogP contribution is 2.13. The Morgan fingerprint density at radius 1 is 1.22 bits per heavy atom. The van der Waals surface area contributed by atoms with Crippen LogP contribution in [0, 0.1) is 13.8 Å². The Hall–Kier alpha value is -1.76. The molecular weight excluding hydrogens is 230 g/mol. The van der Waals surface area contributed by atoms with Crippen molar-refractivity contribution in [3.63, 3.8) is 0 Å². The van der Waals surface area contributed by atoms with E-state index in [9.17, 15) is 0 Å². The number of rotatable bonds is 5. The van der Waals surface area contributed by atoms with E-state index in [4.69, 9.17) is 0 Å². The van der Waals surface area contributed by atoms with Gasteiger partial charge in [0.15, 0.2) is 5.82 Å². The average molecular weight is 249 g/mol. The second-order valence-corrected chi connectivity index (χ2v) is 4.28. The minimum atomic E-state index is 0.562. The largest absolute Gasteiger partial charge is 0.313 e. The molecule has 2 aromatic rings. The van der Waals surface area contributed by atoms with E-state index in [0.717, 1.165) is 24.5 Å². The van der Waals surface area contributed by atoms with Crippen molar-refractivity contribution in [2.24, 2.45) is 7.05 Å². The van der Waals surface area contributed by atoms with E-state index in [2.05, 4.69) is 39.7 Å². The topological polar surface area (TPSA) is 73.5 Å². The zero-order chi connectivity index (χ0) is 13.1. The Kier molecular flexibility index (Phi) is 3.71. The summed E-state index contributed by atoms with van der Waals surface area (Å²) < 4.78 is 1.93. The second kappa shape index (κ2) is 5.26. The lowest BCUT2D eigenvalue weighted by Gasteiger charge is -2.03. The monoisotopic (exact) mass is 249 g/mol. The fraction of sp³-hybridized carbons (Fsp3) is 0.636. The van der Waals surface area contributed by atoms with Crippen molar-refractivity contribution >= 4 is 0 Å². The van der Waals surface area contributed by atoms with E-state index in [1.165, 1.54) is 10.4 Å². The van der Waals surface area contributed by atoms with E-state index >= 15 is 0 Å². The van der Waals surface area contributed by atoms with Gasteiger partial charge in [-0.05, 0) is 25.6 Å². The molecule has 0 saturated carbocycles. The lowest BCUT2D eigenvalue weighted by atomic mass is 10.2. The Bertz CT molecular complexity index is 525. The number of nitrogens with zero attached hydrogens (tertiary/aromatic N) is 6. The smallest absolute Gasteiger partial charge is 0.196 e. The molecule has 0 saturated heterocycles. The summed E-state index contributed by atoms with van der Waals surface area (Å²) in [6.07, 6.45) is 0. The van der Waals surface area contributed by atoms with Crippen molar-refractivity contribution in [1.29, 1.82) is 0 Å². The van der Waals surface area contributed by atoms with Crippen LogP contribution in [0.15, 0.2) is 0 Å². The number of hydrogen-bond acceptors (Lipinski definition) is 5. The van der Waals surface area contributed by atoms with Crippen LogP contribution in [-0.4, -0.2) is 36.5 Å². The van der Waals surface area contributed by atoms with Gasteiger partial charge in [0.25, 0.3) is 0 Å². The summed E-state index contributed by atoms with van der Waals surface area (Å²) in [7, 11) is 1.76. The molecule has 1 N–H and O–H groups in total. The summed E-state index contributed by atoms with van der Waals surface area (Å²) in [5.41, 5.74) is 3.46. The van der Waals surface area contributed by atoms with Gasteiger partial charge in [0.1, 0.15) is 6.54 Å². The molecule has 0 aromatic carbocycles. The normalized spacial score (nSPS) is 11.1. The van der Waals surface area contributed by atoms with Gasteiger partial charge < -0.3 is 5.32 Å². The first-order chi connectivity index (χ1) is 8.61. The minimum Gasteiger partial charge on any atom is -0.313 e. The summed E-state index contributed by atoms with van der Waals surface area (Å²) >= 11 is 0. The standard InChI is InChI=1S/C11H19N7/c1-5-12-6-10-8(2)14-18(9(10)3)7-11-13-16-17(4)15-11/h12H,5-7H2,1-4H3. The number of aryl methyl sites for hydroxylation is 2. The van der Waals surface area contributed by atoms with Gasteiger partial charge in [-0.2, -0.15) is 9.90 Å². The molecule has 0 amide bonds. The third-order valence-electron chi connectivity index (χ3n) is 2.92. The molecule has 0 aliphatic carbocycles. The molecule has 0 aliphatic rings. The fourth-order valence-electron chi connectivity index (χ4n) is 1.91. The first-order valence-corrected chi connectivity index (χ1v) is 6.08. The SMILES string of the molecule is CCNCc1c(C)nn(Cc2nnn(C)n2)c1C. The zero-order valence-electron chi connectivity index (χ0n) is 11.3. The van der Waals surface area contributed by atoms with Crippen LogP contribution >= 0.6 is 0 Å². The fourth-order valence-corrected chi connectivity index (χ4v) is 1.91. The summed E-state index contributed by atoms with van der Waals surface area (Å²) in [4.78, 5) is 1.46. The van der Waals surface area contributed by atoms with Crippen LogP contribution in [0.2, 0.25) is 0 Å². The maximum atomic E-state index is 4.53. The molecule has 98 valence electrons. The Morgan fingerprint density at radius 2 is 2.00 bits per heavy atom. The van der Waals surface area contributed by atoms with Crippen molar-refractivity contribution in [3.05, 3.63) is 22.8 Å². The predicted molar refractivity (Wildman–Crippen MR) is 67.0 cm³/mol. The second-order valence-electron chi connectivity index (χ2n) is 4.28. The van der Waals surface area contributed by atoms with Crippen LogP contribution in [0.3, 0.4) is 0 Å². The van der Waals surface area contributed by atoms with Crippen LogP contribution in [0.25, 0.3) is 0 Å². The minimum absolute atomic E-state index is 0.562. The van der Waals surface area contributed by atoms with E-state index < -0.39 is 0 Å². The molecular formula is C11H19N7. The van der Waals surface area contributed by atoms with Crippen LogP contribution in [0.5, 0.6) is 0 Å². The Morgan fingerprint density at radius 3 is 2.61 bits per heavy atom. The van der Waals surface area contributed by atoms with Crippen LogP contribution in [0.4, 0.5) is 0 Å². The third-order valence-corrected chi connectivity index (χ3v) is 2.92. The van der Waals surface area contributed by atoms with Gasteiger partial charge in [-0.3, -0.25) is 4.68 Å². The van der Waals surface area contributed by atoms with E-state index in [-0.39, 0.29) is 0 Å². The summed E-state index contributed by atoms with van der Waals surface area (Å²) in [5, 5.41) is 19.8. The molecule has 2 rings (SSSR count). The summed E-state index contributed by atoms with van der Waals surface area (Å²) in [5.74, 6) is 0.679. The van der Waals surface area contributed by atoms with Gasteiger partial charge in [-0.1, -0.05) is 6.92 Å². The van der Waals surface area contributed by atoms with E-state index in [1.807, 2.05) is 11.6 Å². The van der Waals surface area contributed by atoms with Crippen molar-refractivity contribution in [3.8, 4) is 0 Å². The van der Waals surface area contributed by atoms with Crippen molar-refractivity contribution in [2.75, 3.05) is 6.54 Å². The van der Waals surface area contributed by atoms with Gasteiger partial charge >= 0.3 is 0 Å². The van der Waals surface area contributed by atoms with E-state index in [1.54, 1.807) is 7.05 Å². The van der Waals surface area contributed by atoms with Crippen molar-refractivity contribution in [1.82, 2.24) is 35.3 Å². The highest BCUT2D eigenvalue weighted by atomic mass is 15.6. The van der Waals surface area contributed by atoms with Crippen LogP contribution in [0.1, 0.15) is 29.7 Å². The predicted octanol–water partition coefficient (Wildman–Crippen LogP) is 0.181. The number of hydrogen-bond donors (Lipinski definition) is 1. The summed E-state index contributed by atoms with van der Waals surface area (Å²) in [6.45, 7) is 8.56. The molecule has 0 spiro atoms. The molecule has 0 bridgehead atoms. The highest BCUT2D eigenvalue weighted by molar-refractivity contribution is 5.24. The molecule has 7 nitrogen and oxygen atoms in total. The molecule has 18 heavy (non-hydrogen) atoms. The van der Waals surface area contributed by atoms with Crippen LogP contribution < -0.4 is 5.32 Å². The van der Waals surface area contributed by atoms with Gasteiger partial charge in [0, 0.05) is 17.8 Å². The maximum Gasteiger partial charge on any atom is 0.196 e. The molecule has 2 heterocycles. The quantitative estimate of drug-likeness (QED) is 0.818. The molecule has 7 heteroatoms. The first kappa shape index (κ1) is 12.7. The van der Waals surface area contributed by atoms with Gasteiger partial charge in [-0.25, -0.2) is 0 Å². The molecule has 0 atom stereocenters. The van der Waals surface area contributed by atoms with Crippen molar-refractivity contribution < 1.29 is 0 Å². The average Bonchev–Trinajstić information content (AvgIpc) is 2.84. The maximum absolute atomic E-state index is 4.53. The van der Waals surface area contributed by atoms with Gasteiger partial charge in [0.2, 0.25) is 0 Å². The first-order valence-electron chi connectivity index (χ1n) is 6.08. The highest BCUT2D eigenvalue weighted by Gasteiger charge is 2.12. The lowest BCUT2D eigenvalue weighted by molar-refractivity contribution is 0.609. The number of nitrogens with one attached hydrogen (secondary N) is 1. The lowest BCUT2D eigenvalue weighted by Crippen LogP contribution is -2.13.